The molecule has 0 saturated heterocycles. The van der Waals surface area contributed by atoms with Crippen LogP contribution in [0.2, 0.25) is 5.02 Å². The highest BCUT2D eigenvalue weighted by Gasteiger charge is 2.19. The van der Waals surface area contributed by atoms with Gasteiger partial charge in [0, 0.05) is 26.9 Å². The molecule has 0 fully saturated rings. The summed E-state index contributed by atoms with van der Waals surface area (Å²) in [4.78, 5) is 23.3. The van der Waals surface area contributed by atoms with E-state index >= 15 is 0 Å². The average molecular weight is 463 g/mol. The van der Waals surface area contributed by atoms with Crippen LogP contribution in [0.25, 0.3) is 32.7 Å². The van der Waals surface area contributed by atoms with Crippen LogP contribution < -0.4 is 11.1 Å². The fraction of sp³-hybridized carbons (Fsp3) is 0. The van der Waals surface area contributed by atoms with E-state index in [1.165, 1.54) is 22.7 Å². The van der Waals surface area contributed by atoms with E-state index in [-0.39, 0.29) is 5.91 Å². The molecule has 0 bridgehead atoms. The maximum Gasteiger partial charge on any atom is 0.269 e. The molecule has 8 heteroatoms. The van der Waals surface area contributed by atoms with Crippen LogP contribution in [-0.2, 0) is 0 Å². The van der Waals surface area contributed by atoms with Crippen LogP contribution in [0.1, 0.15) is 9.67 Å². The Bertz CT molecular complexity index is 1390. The third kappa shape index (κ3) is 3.90. The smallest absolute Gasteiger partial charge is 0.269 e. The topological polar surface area (TPSA) is 80.9 Å². The van der Waals surface area contributed by atoms with E-state index in [0.717, 1.165) is 32.7 Å². The fourth-order valence-electron chi connectivity index (χ4n) is 3.17. The standard InChI is InChI=1S/C23H15ClN4OS2/c24-15-8-6-14(7-9-15)18-12-30-23(27-18)28-21(29)20-19(25)16-10-11-17(26-22(16)31-20)13-4-2-1-3-5-13/h1-12H,25H2,(H,27,28,29). The number of amides is 1. The summed E-state index contributed by atoms with van der Waals surface area (Å²) in [6, 6.07) is 21.1. The molecule has 0 aliphatic heterocycles. The zero-order valence-corrected chi connectivity index (χ0v) is 18.4. The second kappa shape index (κ2) is 8.11. The Labute approximate surface area is 191 Å². The van der Waals surface area contributed by atoms with Crippen molar-refractivity contribution in [2.24, 2.45) is 0 Å². The van der Waals surface area contributed by atoms with Crippen molar-refractivity contribution in [2.45, 2.75) is 0 Å². The summed E-state index contributed by atoms with van der Waals surface area (Å²) in [5.74, 6) is -0.293. The predicted molar refractivity (Wildman–Crippen MR) is 130 cm³/mol. The molecule has 2 aromatic carbocycles. The number of nitrogens with one attached hydrogen (secondary N) is 1. The number of thiophene rings is 1. The Kier molecular flexibility index (Phi) is 5.15. The van der Waals surface area contributed by atoms with E-state index in [9.17, 15) is 4.79 Å². The highest BCUT2D eigenvalue weighted by atomic mass is 35.5. The van der Waals surface area contributed by atoms with E-state index < -0.39 is 0 Å². The number of hydrogen-bond donors (Lipinski definition) is 2. The normalized spacial score (nSPS) is 11.0. The van der Waals surface area contributed by atoms with E-state index in [1.807, 2.05) is 72.1 Å². The van der Waals surface area contributed by atoms with Gasteiger partial charge in [-0.15, -0.1) is 22.7 Å². The number of anilines is 2. The van der Waals surface area contributed by atoms with Crippen molar-refractivity contribution in [1.82, 2.24) is 9.97 Å². The SMILES string of the molecule is Nc1c(C(=O)Nc2nc(-c3ccc(Cl)cc3)cs2)sc2nc(-c3ccccc3)ccc12. The molecule has 1 amide bonds. The van der Waals surface area contributed by atoms with Crippen molar-refractivity contribution in [1.29, 1.82) is 0 Å². The highest BCUT2D eigenvalue weighted by Crippen LogP contribution is 2.35. The summed E-state index contributed by atoms with van der Waals surface area (Å²) < 4.78 is 0. The van der Waals surface area contributed by atoms with E-state index in [2.05, 4.69) is 10.3 Å². The molecule has 5 nitrogen and oxygen atoms in total. The fourth-order valence-corrected chi connectivity index (χ4v) is 5.00. The van der Waals surface area contributed by atoms with Gasteiger partial charge in [0.25, 0.3) is 5.91 Å². The van der Waals surface area contributed by atoms with Crippen LogP contribution in [0.3, 0.4) is 0 Å². The minimum atomic E-state index is -0.293. The number of nitrogens with two attached hydrogens (primary N) is 1. The zero-order chi connectivity index (χ0) is 21.4. The lowest BCUT2D eigenvalue weighted by atomic mass is 10.1. The number of fused-ring (bicyclic) bond motifs is 1. The van der Waals surface area contributed by atoms with Crippen LogP contribution in [0.15, 0.2) is 72.1 Å². The quantitative estimate of drug-likeness (QED) is 0.316. The van der Waals surface area contributed by atoms with Gasteiger partial charge in [0.05, 0.1) is 17.1 Å². The van der Waals surface area contributed by atoms with Crippen LogP contribution in [0.5, 0.6) is 0 Å². The maximum absolute atomic E-state index is 12.9. The molecule has 5 aromatic rings. The summed E-state index contributed by atoms with van der Waals surface area (Å²) in [6.07, 6.45) is 0. The summed E-state index contributed by atoms with van der Waals surface area (Å²) in [6.45, 7) is 0. The summed E-state index contributed by atoms with van der Waals surface area (Å²) in [5.41, 5.74) is 10.3. The largest absolute Gasteiger partial charge is 0.397 e. The van der Waals surface area contributed by atoms with E-state index in [1.54, 1.807) is 0 Å². The van der Waals surface area contributed by atoms with Gasteiger partial charge in [0.2, 0.25) is 0 Å². The summed E-state index contributed by atoms with van der Waals surface area (Å²) >= 11 is 8.58. The number of halogens is 1. The number of hydrogen-bond acceptors (Lipinski definition) is 6. The first-order valence-corrected chi connectivity index (χ1v) is 11.4. The number of nitrogens with zero attached hydrogens (tertiary/aromatic N) is 2. The molecule has 31 heavy (non-hydrogen) atoms. The highest BCUT2D eigenvalue weighted by molar-refractivity contribution is 7.21. The van der Waals surface area contributed by atoms with Crippen molar-refractivity contribution in [3.63, 3.8) is 0 Å². The molecule has 0 radical (unpaired) electrons. The van der Waals surface area contributed by atoms with Gasteiger partial charge in [-0.1, -0.05) is 54.1 Å². The van der Waals surface area contributed by atoms with Gasteiger partial charge in [-0.25, -0.2) is 9.97 Å². The molecule has 152 valence electrons. The minimum absolute atomic E-state index is 0.293. The Morgan fingerprint density at radius 1 is 0.903 bits per heavy atom. The summed E-state index contributed by atoms with van der Waals surface area (Å²) in [5, 5.41) is 6.68. The van der Waals surface area contributed by atoms with Crippen molar-refractivity contribution >= 4 is 61.2 Å². The van der Waals surface area contributed by atoms with Crippen molar-refractivity contribution < 1.29 is 4.79 Å². The Hall–Kier alpha value is -3.26. The number of carbonyl (C=O) groups is 1. The molecule has 0 spiro atoms. The summed E-state index contributed by atoms with van der Waals surface area (Å²) in [7, 11) is 0. The van der Waals surface area contributed by atoms with E-state index in [0.29, 0.717) is 20.7 Å². The molecule has 0 atom stereocenters. The van der Waals surface area contributed by atoms with Crippen molar-refractivity contribution in [2.75, 3.05) is 11.1 Å². The molecular formula is C23H15ClN4OS2. The predicted octanol–water partition coefficient (Wildman–Crippen LogP) is 6.57. The minimum Gasteiger partial charge on any atom is -0.397 e. The van der Waals surface area contributed by atoms with Gasteiger partial charge in [-0.05, 0) is 24.3 Å². The molecule has 3 N–H and O–H groups in total. The number of aromatic nitrogens is 2. The number of nitrogen functional groups attached to an aromatic ring is 1. The van der Waals surface area contributed by atoms with Gasteiger partial charge in [0.15, 0.2) is 5.13 Å². The van der Waals surface area contributed by atoms with Crippen molar-refractivity contribution in [3.8, 4) is 22.5 Å². The van der Waals surface area contributed by atoms with Gasteiger partial charge in [0.1, 0.15) is 9.71 Å². The lowest BCUT2D eigenvalue weighted by molar-refractivity contribution is 0.103. The monoisotopic (exact) mass is 462 g/mol. The first-order chi connectivity index (χ1) is 15.1. The number of pyridine rings is 1. The molecule has 0 saturated carbocycles. The Morgan fingerprint density at radius 2 is 1.65 bits per heavy atom. The zero-order valence-electron chi connectivity index (χ0n) is 16.0. The van der Waals surface area contributed by atoms with Gasteiger partial charge < -0.3 is 5.73 Å². The molecule has 3 aromatic heterocycles. The second-order valence-electron chi connectivity index (χ2n) is 6.76. The van der Waals surface area contributed by atoms with Crippen LogP contribution in [-0.4, -0.2) is 15.9 Å². The lowest BCUT2D eigenvalue weighted by Crippen LogP contribution is -2.11. The third-order valence-electron chi connectivity index (χ3n) is 4.73. The molecule has 0 unspecified atom stereocenters. The van der Waals surface area contributed by atoms with Gasteiger partial charge >= 0.3 is 0 Å². The van der Waals surface area contributed by atoms with Crippen LogP contribution in [0, 0.1) is 0 Å². The first kappa shape index (κ1) is 19.7. The molecule has 3 heterocycles. The first-order valence-electron chi connectivity index (χ1n) is 9.36. The molecule has 0 aliphatic rings. The van der Waals surface area contributed by atoms with Crippen LogP contribution >= 0.6 is 34.3 Å². The number of benzene rings is 2. The molecular weight excluding hydrogens is 448 g/mol. The average Bonchev–Trinajstić information content (AvgIpc) is 3.39. The van der Waals surface area contributed by atoms with E-state index in [4.69, 9.17) is 22.3 Å². The lowest BCUT2D eigenvalue weighted by Gasteiger charge is -2.01. The maximum atomic E-state index is 12.9. The molecule has 5 rings (SSSR count). The third-order valence-corrected chi connectivity index (χ3v) is 6.86. The number of thiazole rings is 1. The number of carbonyl (C=O) groups excluding carboxylic acids is 1. The second-order valence-corrected chi connectivity index (χ2v) is 9.05. The molecule has 0 aliphatic carbocycles. The Balaban J connectivity index is 1.41. The number of rotatable bonds is 4. The Morgan fingerprint density at radius 3 is 2.42 bits per heavy atom. The van der Waals surface area contributed by atoms with Crippen molar-refractivity contribution in [3.05, 3.63) is 82.0 Å². The van der Waals surface area contributed by atoms with Gasteiger partial charge in [-0.3, -0.25) is 10.1 Å². The van der Waals surface area contributed by atoms with Gasteiger partial charge in [-0.2, -0.15) is 0 Å². The van der Waals surface area contributed by atoms with Crippen LogP contribution in [0.4, 0.5) is 10.8 Å².